The van der Waals surface area contributed by atoms with Gasteiger partial charge in [-0.1, -0.05) is 5.92 Å². The lowest BCUT2D eigenvalue weighted by molar-refractivity contribution is -0.135. The van der Waals surface area contributed by atoms with E-state index in [0.717, 1.165) is 31.4 Å². The maximum absolute atomic E-state index is 10.3. The Morgan fingerprint density at radius 2 is 2.35 bits per heavy atom. The van der Waals surface area contributed by atoms with Crippen molar-refractivity contribution in [3.8, 4) is 11.8 Å². The van der Waals surface area contributed by atoms with Crippen LogP contribution in [0, 0.1) is 11.8 Å². The van der Waals surface area contributed by atoms with E-state index in [-0.39, 0.29) is 6.42 Å². The molecule has 1 N–H and O–H groups in total. The van der Waals surface area contributed by atoms with Crippen LogP contribution in [-0.2, 0) is 9.53 Å². The smallest absolute Gasteiger partial charge is 0.315 e. The summed E-state index contributed by atoms with van der Waals surface area (Å²) >= 11 is 1.52. The predicted molar refractivity (Wildman–Crippen MR) is 64.3 cm³/mol. The Morgan fingerprint density at radius 3 is 3.06 bits per heavy atom. The third-order valence-electron chi connectivity index (χ3n) is 2.23. The van der Waals surface area contributed by atoms with Gasteiger partial charge in [-0.25, -0.2) is 4.98 Å². The van der Waals surface area contributed by atoms with Crippen LogP contribution in [0.25, 0.3) is 0 Å². The van der Waals surface area contributed by atoms with Crippen LogP contribution in [0.2, 0.25) is 0 Å². The van der Waals surface area contributed by atoms with Gasteiger partial charge in [-0.15, -0.1) is 11.3 Å². The van der Waals surface area contributed by atoms with Crippen LogP contribution < -0.4 is 4.90 Å². The summed E-state index contributed by atoms with van der Waals surface area (Å²) in [5.41, 5.74) is 0.637. The van der Waals surface area contributed by atoms with Gasteiger partial charge in [-0.2, -0.15) is 0 Å². The number of carboxylic acids is 1. The van der Waals surface area contributed by atoms with E-state index >= 15 is 0 Å². The van der Waals surface area contributed by atoms with E-state index in [9.17, 15) is 4.79 Å². The van der Waals surface area contributed by atoms with Crippen LogP contribution in [0.1, 0.15) is 12.1 Å². The number of anilines is 1. The van der Waals surface area contributed by atoms with Crippen LogP contribution in [-0.4, -0.2) is 42.4 Å². The number of morpholine rings is 1. The van der Waals surface area contributed by atoms with Crippen molar-refractivity contribution in [2.24, 2.45) is 0 Å². The molecule has 1 saturated heterocycles. The zero-order valence-corrected chi connectivity index (χ0v) is 10.00. The fourth-order valence-electron chi connectivity index (χ4n) is 1.43. The van der Waals surface area contributed by atoms with Gasteiger partial charge in [-0.3, -0.25) is 4.79 Å². The van der Waals surface area contributed by atoms with Crippen LogP contribution in [0.15, 0.2) is 5.38 Å². The summed E-state index contributed by atoms with van der Waals surface area (Å²) in [5, 5.41) is 11.2. The highest BCUT2D eigenvalue weighted by atomic mass is 32.1. The van der Waals surface area contributed by atoms with Gasteiger partial charge < -0.3 is 14.7 Å². The van der Waals surface area contributed by atoms with E-state index in [1.54, 1.807) is 0 Å². The lowest BCUT2D eigenvalue weighted by Crippen LogP contribution is -2.36. The molecule has 90 valence electrons. The maximum Gasteiger partial charge on any atom is 0.315 e. The molecule has 17 heavy (non-hydrogen) atoms. The summed E-state index contributed by atoms with van der Waals surface area (Å²) in [6.45, 7) is 3.13. The molecule has 1 aliphatic heterocycles. The average molecular weight is 252 g/mol. The van der Waals surface area contributed by atoms with E-state index in [1.807, 2.05) is 5.38 Å². The fourth-order valence-corrected chi connectivity index (χ4v) is 2.24. The number of hydrogen-bond donors (Lipinski definition) is 1. The monoisotopic (exact) mass is 252 g/mol. The van der Waals surface area contributed by atoms with Gasteiger partial charge in [0.25, 0.3) is 0 Å². The summed E-state index contributed by atoms with van der Waals surface area (Å²) in [7, 11) is 0. The standard InChI is InChI=1S/C11H12N2O3S/c14-10(15)3-1-2-9-8-17-11(12-9)13-4-6-16-7-5-13/h8H,3-7H2,(H,14,15). The molecule has 5 nitrogen and oxygen atoms in total. The van der Waals surface area contributed by atoms with Crippen molar-refractivity contribution in [2.45, 2.75) is 6.42 Å². The first kappa shape index (κ1) is 11.9. The predicted octanol–water partition coefficient (Wildman–Crippen LogP) is 0.806. The van der Waals surface area contributed by atoms with E-state index in [1.165, 1.54) is 11.3 Å². The van der Waals surface area contributed by atoms with Gasteiger partial charge in [0.15, 0.2) is 5.13 Å². The van der Waals surface area contributed by atoms with Crippen molar-refractivity contribution in [3.63, 3.8) is 0 Å². The number of aliphatic carboxylic acids is 1. The molecule has 0 unspecified atom stereocenters. The second-order valence-corrected chi connectivity index (χ2v) is 4.32. The molecule has 0 atom stereocenters. The Morgan fingerprint density at radius 1 is 1.59 bits per heavy atom. The third-order valence-corrected chi connectivity index (χ3v) is 3.13. The number of carboxylic acid groups (broad SMARTS) is 1. The molecule has 6 heteroatoms. The van der Waals surface area contributed by atoms with Gasteiger partial charge in [0.1, 0.15) is 12.1 Å². The highest BCUT2D eigenvalue weighted by molar-refractivity contribution is 7.13. The van der Waals surface area contributed by atoms with Crippen molar-refractivity contribution < 1.29 is 14.6 Å². The van der Waals surface area contributed by atoms with Crippen molar-refractivity contribution in [3.05, 3.63) is 11.1 Å². The minimum Gasteiger partial charge on any atom is -0.481 e. The Hall–Kier alpha value is -1.58. The number of carbonyl (C=O) groups is 1. The van der Waals surface area contributed by atoms with Gasteiger partial charge in [-0.05, 0) is 5.92 Å². The molecule has 2 rings (SSSR count). The Kier molecular flexibility index (Phi) is 3.96. The average Bonchev–Trinajstić information content (AvgIpc) is 2.78. The lowest BCUT2D eigenvalue weighted by Gasteiger charge is -2.25. The number of aromatic nitrogens is 1. The van der Waals surface area contributed by atoms with E-state index in [2.05, 4.69) is 21.7 Å². The summed E-state index contributed by atoms with van der Waals surface area (Å²) in [5.74, 6) is 4.40. The second kappa shape index (κ2) is 5.66. The third kappa shape index (κ3) is 3.44. The zero-order valence-electron chi connectivity index (χ0n) is 9.18. The van der Waals surface area contributed by atoms with Gasteiger partial charge in [0.05, 0.1) is 13.2 Å². The molecule has 0 aromatic carbocycles. The largest absolute Gasteiger partial charge is 0.481 e. The van der Waals surface area contributed by atoms with E-state index < -0.39 is 5.97 Å². The van der Waals surface area contributed by atoms with Gasteiger partial charge in [0, 0.05) is 18.5 Å². The topological polar surface area (TPSA) is 62.7 Å². The van der Waals surface area contributed by atoms with Crippen molar-refractivity contribution in [1.29, 1.82) is 0 Å². The van der Waals surface area contributed by atoms with Crippen molar-refractivity contribution in [1.82, 2.24) is 4.98 Å². The molecular formula is C11H12N2O3S. The minimum atomic E-state index is -0.916. The first-order valence-electron chi connectivity index (χ1n) is 5.24. The van der Waals surface area contributed by atoms with Gasteiger partial charge >= 0.3 is 5.97 Å². The minimum absolute atomic E-state index is 0.148. The Labute approximate surface area is 103 Å². The van der Waals surface area contributed by atoms with Gasteiger partial charge in [0.2, 0.25) is 0 Å². The van der Waals surface area contributed by atoms with Crippen LogP contribution in [0.4, 0.5) is 5.13 Å². The molecule has 0 amide bonds. The first-order valence-corrected chi connectivity index (χ1v) is 6.12. The molecule has 2 heterocycles. The molecule has 0 aliphatic carbocycles. The molecule has 0 bridgehead atoms. The first-order chi connectivity index (χ1) is 8.25. The molecule has 1 aromatic rings. The number of nitrogens with zero attached hydrogens (tertiary/aromatic N) is 2. The molecule has 1 fully saturated rings. The number of ether oxygens (including phenoxy) is 1. The molecular weight excluding hydrogens is 240 g/mol. The van der Waals surface area contributed by atoms with E-state index in [4.69, 9.17) is 9.84 Å². The number of thiazole rings is 1. The molecule has 1 aromatic heterocycles. The zero-order chi connectivity index (χ0) is 12.1. The Bertz CT molecular complexity index is 455. The summed E-state index contributed by atoms with van der Waals surface area (Å²) in [6, 6.07) is 0. The molecule has 1 aliphatic rings. The number of hydrogen-bond acceptors (Lipinski definition) is 5. The second-order valence-electron chi connectivity index (χ2n) is 3.49. The fraction of sp³-hybridized carbons (Fsp3) is 0.455. The van der Waals surface area contributed by atoms with Crippen LogP contribution in [0.3, 0.4) is 0 Å². The molecule has 0 saturated carbocycles. The summed E-state index contributed by atoms with van der Waals surface area (Å²) in [4.78, 5) is 16.8. The quantitative estimate of drug-likeness (QED) is 0.789. The van der Waals surface area contributed by atoms with Crippen LogP contribution in [0.5, 0.6) is 0 Å². The normalized spacial score (nSPS) is 15.2. The van der Waals surface area contributed by atoms with Crippen molar-refractivity contribution >= 4 is 22.4 Å². The summed E-state index contributed by atoms with van der Waals surface area (Å²) < 4.78 is 5.26. The highest BCUT2D eigenvalue weighted by Gasteiger charge is 2.13. The highest BCUT2D eigenvalue weighted by Crippen LogP contribution is 2.20. The van der Waals surface area contributed by atoms with Crippen LogP contribution >= 0.6 is 11.3 Å². The lowest BCUT2D eigenvalue weighted by atomic mass is 10.4. The molecule has 0 radical (unpaired) electrons. The SMILES string of the molecule is O=C(O)CC#Cc1csc(N2CCOCC2)n1. The molecule has 0 spiro atoms. The number of rotatable bonds is 2. The summed E-state index contributed by atoms with van der Waals surface area (Å²) in [6.07, 6.45) is -0.148. The van der Waals surface area contributed by atoms with E-state index in [0.29, 0.717) is 5.69 Å². The van der Waals surface area contributed by atoms with Crippen molar-refractivity contribution in [2.75, 3.05) is 31.2 Å². The Balaban J connectivity index is 1.99. The maximum atomic E-state index is 10.3.